The van der Waals surface area contributed by atoms with Gasteiger partial charge in [0, 0.05) is 16.3 Å². The summed E-state index contributed by atoms with van der Waals surface area (Å²) in [7, 11) is 0. The summed E-state index contributed by atoms with van der Waals surface area (Å²) in [5.74, 6) is -0.00546. The van der Waals surface area contributed by atoms with Gasteiger partial charge in [-0.2, -0.15) is 0 Å². The first kappa shape index (κ1) is 13.6. The van der Waals surface area contributed by atoms with Gasteiger partial charge in [0.15, 0.2) is 5.82 Å². The van der Waals surface area contributed by atoms with Crippen LogP contribution < -0.4 is 5.32 Å². The van der Waals surface area contributed by atoms with Crippen molar-refractivity contribution >= 4 is 40.8 Å². The van der Waals surface area contributed by atoms with E-state index in [0.29, 0.717) is 11.6 Å². The zero-order valence-corrected chi connectivity index (χ0v) is 11.5. The molecule has 0 aliphatic rings. The molecule has 0 atom stereocenters. The maximum Gasteiger partial charge on any atom is 0.345 e. The Bertz CT molecular complexity index is 605. The zero-order valence-electron chi connectivity index (χ0n) is 9.87. The minimum absolute atomic E-state index is 0.182. The molecule has 100 valence electrons. The van der Waals surface area contributed by atoms with Crippen LogP contribution in [0.4, 0.5) is 5.82 Å². The van der Waals surface area contributed by atoms with Crippen molar-refractivity contribution in [2.24, 2.45) is 0 Å². The number of carboxylic acids is 1. The minimum Gasteiger partial charge on any atom is -0.477 e. The third-order valence-corrected chi connectivity index (χ3v) is 4.09. The van der Waals surface area contributed by atoms with E-state index in [2.05, 4.69) is 10.5 Å². The number of carbonyl (C=O) groups excluding carboxylic acids is 1. The molecule has 0 unspecified atom stereocenters. The lowest BCUT2D eigenvalue weighted by molar-refractivity contribution is -0.113. The fraction of sp³-hybridized carbons (Fsp3) is 0.182. The van der Waals surface area contributed by atoms with Gasteiger partial charge in [0.2, 0.25) is 5.91 Å². The van der Waals surface area contributed by atoms with Crippen LogP contribution in [-0.2, 0) is 4.79 Å². The van der Waals surface area contributed by atoms with Crippen LogP contribution in [0, 0.1) is 6.92 Å². The molecule has 0 saturated heterocycles. The number of hydrogen-bond donors (Lipinski definition) is 2. The molecule has 2 aromatic heterocycles. The summed E-state index contributed by atoms with van der Waals surface area (Å²) in [5, 5.41) is 16.7. The van der Waals surface area contributed by atoms with Gasteiger partial charge in [-0.15, -0.1) is 23.1 Å². The summed E-state index contributed by atoms with van der Waals surface area (Å²) < 4.78 is 4.82. The number of aryl methyl sites for hydroxylation is 1. The average Bonchev–Trinajstić information content (AvgIpc) is 2.96. The monoisotopic (exact) mass is 298 g/mol. The predicted octanol–water partition coefficient (Wildman–Crippen LogP) is 2.47. The van der Waals surface area contributed by atoms with E-state index in [0.717, 1.165) is 16.2 Å². The maximum absolute atomic E-state index is 11.6. The van der Waals surface area contributed by atoms with Crippen molar-refractivity contribution in [1.29, 1.82) is 0 Å². The van der Waals surface area contributed by atoms with E-state index in [1.165, 1.54) is 11.8 Å². The summed E-state index contributed by atoms with van der Waals surface area (Å²) in [6.45, 7) is 1.73. The van der Waals surface area contributed by atoms with E-state index >= 15 is 0 Å². The number of amides is 1. The van der Waals surface area contributed by atoms with Crippen LogP contribution in [0.15, 0.2) is 26.9 Å². The molecule has 0 spiro atoms. The Labute approximate surface area is 116 Å². The van der Waals surface area contributed by atoms with E-state index in [-0.39, 0.29) is 16.5 Å². The fourth-order valence-electron chi connectivity index (χ4n) is 1.26. The van der Waals surface area contributed by atoms with Crippen LogP contribution >= 0.6 is 23.1 Å². The highest BCUT2D eigenvalue weighted by Gasteiger charge is 2.10. The Hall–Kier alpha value is -1.80. The SMILES string of the molecule is Cc1cc(NC(=O)CSc2csc(C(=O)O)c2)no1. The highest BCUT2D eigenvalue weighted by Crippen LogP contribution is 2.24. The molecule has 0 aliphatic heterocycles. The summed E-state index contributed by atoms with van der Waals surface area (Å²) >= 11 is 2.41. The third kappa shape index (κ3) is 3.83. The number of anilines is 1. The van der Waals surface area contributed by atoms with Gasteiger partial charge < -0.3 is 14.9 Å². The summed E-state index contributed by atoms with van der Waals surface area (Å²) in [6.07, 6.45) is 0. The number of rotatable bonds is 5. The molecule has 19 heavy (non-hydrogen) atoms. The number of carboxylic acid groups (broad SMARTS) is 1. The Kier molecular flexibility index (Phi) is 4.23. The van der Waals surface area contributed by atoms with Gasteiger partial charge in [-0.25, -0.2) is 4.79 Å². The van der Waals surface area contributed by atoms with Crippen molar-refractivity contribution in [3.63, 3.8) is 0 Å². The van der Waals surface area contributed by atoms with E-state index in [1.54, 1.807) is 24.4 Å². The molecule has 0 fully saturated rings. The van der Waals surface area contributed by atoms with Crippen molar-refractivity contribution < 1.29 is 19.2 Å². The largest absolute Gasteiger partial charge is 0.477 e. The van der Waals surface area contributed by atoms with Crippen LogP contribution in [0.5, 0.6) is 0 Å². The van der Waals surface area contributed by atoms with Crippen LogP contribution in [0.1, 0.15) is 15.4 Å². The van der Waals surface area contributed by atoms with Crippen molar-refractivity contribution in [2.45, 2.75) is 11.8 Å². The number of nitrogens with zero attached hydrogens (tertiary/aromatic N) is 1. The molecule has 2 N–H and O–H groups in total. The molecule has 1 amide bonds. The summed E-state index contributed by atoms with van der Waals surface area (Å²) in [4.78, 5) is 23.3. The average molecular weight is 298 g/mol. The first-order chi connectivity index (χ1) is 9.04. The van der Waals surface area contributed by atoms with Crippen LogP contribution in [0.3, 0.4) is 0 Å². The Morgan fingerprint density at radius 3 is 2.89 bits per heavy atom. The number of thioether (sulfide) groups is 1. The molecule has 0 aromatic carbocycles. The number of thiophene rings is 1. The van der Waals surface area contributed by atoms with Gasteiger partial charge >= 0.3 is 5.97 Å². The molecule has 6 nitrogen and oxygen atoms in total. The molecule has 0 aliphatic carbocycles. The lowest BCUT2D eigenvalue weighted by Crippen LogP contribution is -2.14. The van der Waals surface area contributed by atoms with Gasteiger partial charge in [-0.3, -0.25) is 4.79 Å². The van der Waals surface area contributed by atoms with Crippen molar-refractivity contribution in [2.75, 3.05) is 11.1 Å². The van der Waals surface area contributed by atoms with Crippen molar-refractivity contribution in [3.05, 3.63) is 28.2 Å². The molecular weight excluding hydrogens is 288 g/mol. The second-order valence-corrected chi connectivity index (χ2v) is 5.57. The minimum atomic E-state index is -0.959. The van der Waals surface area contributed by atoms with Gasteiger partial charge in [-0.05, 0) is 13.0 Å². The first-order valence-corrected chi connectivity index (χ1v) is 7.09. The Balaban J connectivity index is 1.84. The molecule has 2 heterocycles. The lowest BCUT2D eigenvalue weighted by atomic mass is 10.5. The Morgan fingerprint density at radius 2 is 2.32 bits per heavy atom. The number of nitrogens with one attached hydrogen (secondary N) is 1. The quantitative estimate of drug-likeness (QED) is 0.824. The second kappa shape index (κ2) is 5.89. The fourth-order valence-corrected chi connectivity index (χ4v) is 2.93. The van der Waals surface area contributed by atoms with Gasteiger partial charge in [0.25, 0.3) is 0 Å². The number of aromatic nitrogens is 1. The Morgan fingerprint density at radius 1 is 1.53 bits per heavy atom. The van der Waals surface area contributed by atoms with Crippen LogP contribution in [0.2, 0.25) is 0 Å². The lowest BCUT2D eigenvalue weighted by Gasteiger charge is -1.99. The van der Waals surface area contributed by atoms with E-state index in [9.17, 15) is 9.59 Å². The van der Waals surface area contributed by atoms with Crippen molar-refractivity contribution in [3.8, 4) is 0 Å². The second-order valence-electron chi connectivity index (χ2n) is 3.61. The molecule has 2 rings (SSSR count). The van der Waals surface area contributed by atoms with Crippen LogP contribution in [0.25, 0.3) is 0 Å². The van der Waals surface area contributed by atoms with Crippen LogP contribution in [-0.4, -0.2) is 27.9 Å². The zero-order chi connectivity index (χ0) is 13.8. The third-order valence-electron chi connectivity index (χ3n) is 2.05. The molecular formula is C11H10N2O4S2. The van der Waals surface area contributed by atoms with E-state index in [4.69, 9.17) is 9.63 Å². The molecule has 2 aromatic rings. The number of hydrogen-bond acceptors (Lipinski definition) is 6. The maximum atomic E-state index is 11.6. The smallest absolute Gasteiger partial charge is 0.345 e. The molecule has 0 saturated carbocycles. The summed E-state index contributed by atoms with van der Waals surface area (Å²) in [6, 6.07) is 3.17. The van der Waals surface area contributed by atoms with Gasteiger partial charge in [-0.1, -0.05) is 5.16 Å². The first-order valence-electron chi connectivity index (χ1n) is 5.22. The van der Waals surface area contributed by atoms with Crippen molar-refractivity contribution in [1.82, 2.24) is 5.16 Å². The van der Waals surface area contributed by atoms with E-state index < -0.39 is 5.97 Å². The number of carbonyl (C=O) groups is 2. The van der Waals surface area contributed by atoms with Gasteiger partial charge in [0.05, 0.1) is 5.75 Å². The highest BCUT2D eigenvalue weighted by molar-refractivity contribution is 8.00. The number of aromatic carboxylic acids is 1. The normalized spacial score (nSPS) is 10.4. The van der Waals surface area contributed by atoms with Gasteiger partial charge in [0.1, 0.15) is 10.6 Å². The summed E-state index contributed by atoms with van der Waals surface area (Å²) in [5.41, 5.74) is 0. The highest BCUT2D eigenvalue weighted by atomic mass is 32.2. The predicted molar refractivity (Wildman–Crippen MR) is 71.9 cm³/mol. The molecule has 0 radical (unpaired) electrons. The topological polar surface area (TPSA) is 92.4 Å². The molecule has 0 bridgehead atoms. The molecule has 8 heteroatoms. The standard InChI is InChI=1S/C11H10N2O4S2/c1-6-2-9(13-17-6)12-10(14)5-18-7-3-8(11(15)16)19-4-7/h2-4H,5H2,1H3,(H,15,16)(H,12,13,14). The van der Waals surface area contributed by atoms with E-state index in [1.807, 2.05) is 0 Å².